The summed E-state index contributed by atoms with van der Waals surface area (Å²) in [5.74, 6) is -1.75. The molecule has 0 saturated heterocycles. The van der Waals surface area contributed by atoms with Gasteiger partial charge >= 0.3 is 11.9 Å². The van der Waals surface area contributed by atoms with Crippen molar-refractivity contribution in [1.29, 1.82) is 0 Å². The van der Waals surface area contributed by atoms with Crippen LogP contribution in [0.15, 0.2) is 24.3 Å². The predicted molar refractivity (Wildman–Crippen MR) is 176 cm³/mol. The van der Waals surface area contributed by atoms with E-state index >= 15 is 0 Å². The summed E-state index contributed by atoms with van der Waals surface area (Å²) in [6.07, 6.45) is 1.43. The summed E-state index contributed by atoms with van der Waals surface area (Å²) in [4.78, 5) is 40.4. The van der Waals surface area contributed by atoms with Crippen LogP contribution in [0, 0.1) is 13.8 Å². The van der Waals surface area contributed by atoms with Crippen LogP contribution in [-0.2, 0) is 16.0 Å². The van der Waals surface area contributed by atoms with Crippen LogP contribution >= 0.6 is 12.6 Å². The Morgan fingerprint density at radius 3 is 1.72 bits per heavy atom. The summed E-state index contributed by atoms with van der Waals surface area (Å²) in [5.41, 5.74) is 14.8. The van der Waals surface area contributed by atoms with E-state index in [9.17, 15) is 19.8 Å². The lowest BCUT2D eigenvalue weighted by atomic mass is 9.98. The second-order valence-electron chi connectivity index (χ2n) is 11.4. The highest BCUT2D eigenvalue weighted by molar-refractivity contribution is 7.80. The highest BCUT2D eigenvalue weighted by atomic mass is 32.1. The van der Waals surface area contributed by atoms with Gasteiger partial charge in [-0.15, -0.1) is 0 Å². The molecule has 4 N–H and O–H groups in total. The van der Waals surface area contributed by atoms with Gasteiger partial charge in [0.05, 0.1) is 22.8 Å². The number of carboxylic acid groups (broad SMARTS) is 2. The van der Waals surface area contributed by atoms with E-state index in [1.807, 2.05) is 32.0 Å². The van der Waals surface area contributed by atoms with Crippen LogP contribution in [0.25, 0.3) is 44.4 Å². The number of thiol groups is 1. The Hall–Kier alpha value is -4.11. The van der Waals surface area contributed by atoms with Crippen LogP contribution < -0.4 is 0 Å². The SMILES string of the molecule is CCc1c(C)c2cc3[nH]c(cc4nc(cc5nc(cc1[nH]2)C(C)=C5CCC(=O)O)C(CCC(=O)O)=C4C)c(C)c3[C@@H](C)S. The number of fused-ring (bicyclic) bond motifs is 8. The van der Waals surface area contributed by atoms with Crippen molar-refractivity contribution in [2.45, 2.75) is 78.9 Å². The molecular formula is C34H38N4O4S. The first-order valence-electron chi connectivity index (χ1n) is 14.7. The van der Waals surface area contributed by atoms with E-state index in [1.54, 1.807) is 0 Å². The van der Waals surface area contributed by atoms with Gasteiger partial charge in [-0.3, -0.25) is 9.59 Å². The Morgan fingerprint density at radius 2 is 1.23 bits per heavy atom. The molecule has 8 bridgehead atoms. The van der Waals surface area contributed by atoms with Gasteiger partial charge in [0.25, 0.3) is 0 Å². The van der Waals surface area contributed by atoms with E-state index in [4.69, 9.17) is 22.6 Å². The second-order valence-corrected chi connectivity index (χ2v) is 12.2. The lowest BCUT2D eigenvalue weighted by molar-refractivity contribution is -0.137. The quantitative estimate of drug-likeness (QED) is 0.167. The molecule has 0 saturated carbocycles. The van der Waals surface area contributed by atoms with Crippen molar-refractivity contribution >= 4 is 68.9 Å². The molecule has 0 radical (unpaired) electrons. The number of nitrogens with one attached hydrogen (secondary N) is 2. The van der Waals surface area contributed by atoms with E-state index < -0.39 is 11.9 Å². The normalized spacial score (nSPS) is 14.0. The summed E-state index contributed by atoms with van der Waals surface area (Å²) in [6.45, 7) is 12.4. The van der Waals surface area contributed by atoms with Gasteiger partial charge in [0.2, 0.25) is 0 Å². The summed E-state index contributed by atoms with van der Waals surface area (Å²) < 4.78 is 0. The Labute approximate surface area is 256 Å². The molecule has 1 atom stereocenters. The topological polar surface area (TPSA) is 132 Å². The standard InChI is InChI=1S/C34H38N4O4S/c1-7-21-16(2)26-14-31-34(20(6)43)19(5)27(38-31)12-24-17(3)22(8-10-32(39)40)29(36-24)15-30-23(9-11-33(41)42)18(4)25(37-30)13-28(21)35-26/h12-15,20,35,38,43H,7-11H2,1-6H3,(H,39,40)(H,41,42)/t20-/m1/s1. The number of carbonyl (C=O) groups is 2. The zero-order chi connectivity index (χ0) is 31.2. The molecule has 3 aromatic rings. The molecule has 2 aliphatic heterocycles. The summed E-state index contributed by atoms with van der Waals surface area (Å²) in [7, 11) is 0. The largest absolute Gasteiger partial charge is 0.481 e. The van der Waals surface area contributed by atoms with E-state index in [0.717, 1.165) is 78.9 Å². The molecule has 0 fully saturated rings. The lowest BCUT2D eigenvalue weighted by Crippen LogP contribution is -1.97. The van der Waals surface area contributed by atoms with Gasteiger partial charge in [-0.1, -0.05) is 6.92 Å². The first kappa shape index (κ1) is 30.4. The minimum atomic E-state index is -0.878. The van der Waals surface area contributed by atoms with E-state index in [1.165, 1.54) is 5.56 Å². The van der Waals surface area contributed by atoms with Crippen molar-refractivity contribution in [1.82, 2.24) is 19.9 Å². The molecule has 8 nitrogen and oxygen atoms in total. The number of aromatic nitrogens is 4. The number of aliphatic carboxylic acids is 2. The minimum absolute atomic E-state index is 0.0130. The smallest absolute Gasteiger partial charge is 0.303 e. The second kappa shape index (κ2) is 11.9. The molecule has 0 aromatic carbocycles. The fourth-order valence-electron chi connectivity index (χ4n) is 6.27. The predicted octanol–water partition coefficient (Wildman–Crippen LogP) is 8.08. The molecule has 43 heavy (non-hydrogen) atoms. The number of H-pyrrole nitrogens is 2. The van der Waals surface area contributed by atoms with Crippen molar-refractivity contribution < 1.29 is 19.8 Å². The third-order valence-electron chi connectivity index (χ3n) is 8.67. The summed E-state index contributed by atoms with van der Waals surface area (Å²) in [5, 5.41) is 18.9. The first-order valence-corrected chi connectivity index (χ1v) is 15.2. The average Bonchev–Trinajstić information content (AvgIpc) is 3.59. The van der Waals surface area contributed by atoms with Crippen LogP contribution in [0.2, 0.25) is 0 Å². The molecule has 2 aliphatic rings. The lowest BCUT2D eigenvalue weighted by Gasteiger charge is -2.05. The average molecular weight is 599 g/mol. The van der Waals surface area contributed by atoms with E-state index in [2.05, 4.69) is 43.7 Å². The molecule has 224 valence electrons. The number of hydrogen-bond acceptors (Lipinski definition) is 5. The number of allylic oxidation sites excluding steroid dienone is 4. The monoisotopic (exact) mass is 598 g/mol. The third-order valence-corrected chi connectivity index (χ3v) is 8.92. The Morgan fingerprint density at radius 1 is 0.744 bits per heavy atom. The number of aromatic amines is 2. The van der Waals surface area contributed by atoms with Crippen LogP contribution in [-0.4, -0.2) is 42.1 Å². The van der Waals surface area contributed by atoms with Crippen molar-refractivity contribution in [2.24, 2.45) is 0 Å². The Balaban J connectivity index is 1.93. The number of aryl methyl sites for hydroxylation is 3. The highest BCUT2D eigenvalue weighted by Gasteiger charge is 2.23. The van der Waals surface area contributed by atoms with Crippen LogP contribution in [0.3, 0.4) is 0 Å². The maximum absolute atomic E-state index is 11.6. The first-order chi connectivity index (χ1) is 20.4. The van der Waals surface area contributed by atoms with Gasteiger partial charge in [0, 0.05) is 40.2 Å². The molecule has 0 spiro atoms. The van der Waals surface area contributed by atoms with Crippen LogP contribution in [0.1, 0.15) is 104 Å². The zero-order valence-electron chi connectivity index (χ0n) is 25.5. The number of hydrogen-bond donors (Lipinski definition) is 5. The van der Waals surface area contributed by atoms with E-state index in [0.29, 0.717) is 24.2 Å². The molecule has 5 heterocycles. The number of nitrogens with zero attached hydrogens (tertiary/aromatic N) is 2. The maximum atomic E-state index is 11.6. The van der Waals surface area contributed by atoms with Crippen molar-refractivity contribution in [3.63, 3.8) is 0 Å². The molecular weight excluding hydrogens is 560 g/mol. The molecule has 0 amide bonds. The molecule has 3 aromatic heterocycles. The Kier molecular flexibility index (Phi) is 8.38. The van der Waals surface area contributed by atoms with Gasteiger partial charge in [-0.25, -0.2) is 9.97 Å². The van der Waals surface area contributed by atoms with Crippen molar-refractivity contribution in [2.75, 3.05) is 0 Å². The number of rotatable bonds is 8. The van der Waals surface area contributed by atoms with Gasteiger partial charge in [-0.05, 0) is 123 Å². The summed E-state index contributed by atoms with van der Waals surface area (Å²) in [6, 6.07) is 8.10. The van der Waals surface area contributed by atoms with Gasteiger partial charge in [0.1, 0.15) is 0 Å². The van der Waals surface area contributed by atoms with Gasteiger partial charge in [0.15, 0.2) is 0 Å². The third kappa shape index (κ3) is 5.78. The molecule has 5 rings (SSSR count). The fraction of sp³-hybridized carbons (Fsp3) is 0.353. The van der Waals surface area contributed by atoms with Crippen LogP contribution in [0.4, 0.5) is 0 Å². The fourth-order valence-corrected chi connectivity index (χ4v) is 6.60. The molecule has 0 aliphatic carbocycles. The molecule has 0 unspecified atom stereocenters. The zero-order valence-corrected chi connectivity index (χ0v) is 26.4. The maximum Gasteiger partial charge on any atom is 0.303 e. The molecule has 9 heteroatoms. The Bertz CT molecular complexity index is 1890. The van der Waals surface area contributed by atoms with Gasteiger partial charge in [-0.2, -0.15) is 12.6 Å². The van der Waals surface area contributed by atoms with Crippen molar-refractivity contribution in [3.8, 4) is 0 Å². The van der Waals surface area contributed by atoms with Gasteiger partial charge < -0.3 is 20.2 Å². The summed E-state index contributed by atoms with van der Waals surface area (Å²) >= 11 is 4.82. The van der Waals surface area contributed by atoms with Crippen LogP contribution in [0.5, 0.6) is 0 Å². The minimum Gasteiger partial charge on any atom is -0.481 e. The highest BCUT2D eigenvalue weighted by Crippen LogP contribution is 2.38. The number of carboxylic acids is 2. The van der Waals surface area contributed by atoms with Crippen molar-refractivity contribution in [3.05, 3.63) is 69.3 Å². The van der Waals surface area contributed by atoms with E-state index in [-0.39, 0.29) is 18.1 Å².